The van der Waals surface area contributed by atoms with Crippen molar-refractivity contribution < 1.29 is 39.8 Å². The highest BCUT2D eigenvalue weighted by molar-refractivity contribution is 5.91. The standard InChI is InChI=1S/C12H14O8/c13-7-2-1-5(3-6(7)11(17)18)20-12-10(16)9(15)8(14)4-19-12/h1-3,8-10,12-16H,4H2,(H,17,18)/p-1/t8-,9+,10-,12-/m1/s1. The number of hydrogen-bond donors (Lipinski definition) is 4. The number of aliphatic hydroxyl groups excluding tert-OH is 3. The van der Waals surface area contributed by atoms with E-state index in [0.29, 0.717) is 0 Å². The van der Waals surface area contributed by atoms with Gasteiger partial charge in [0.25, 0.3) is 0 Å². The van der Waals surface area contributed by atoms with E-state index in [1.54, 1.807) is 0 Å². The first-order valence-electron chi connectivity index (χ1n) is 5.77. The summed E-state index contributed by atoms with van der Waals surface area (Å²) in [6.45, 7) is -0.242. The molecule has 1 aromatic rings. The Labute approximate surface area is 113 Å². The normalized spacial score (nSPS) is 29.9. The minimum atomic E-state index is -1.50. The molecule has 110 valence electrons. The SMILES string of the molecule is O=C(O)c1cc(O[C@H]2OC[C@@H](O)[C@H](O)[C@H]2O)ccc1[O-]. The van der Waals surface area contributed by atoms with E-state index in [1.165, 1.54) is 6.07 Å². The summed E-state index contributed by atoms with van der Waals surface area (Å²) in [7, 11) is 0. The molecule has 0 saturated carbocycles. The molecule has 1 aliphatic rings. The molecule has 4 N–H and O–H groups in total. The summed E-state index contributed by atoms with van der Waals surface area (Å²) < 4.78 is 10.2. The van der Waals surface area contributed by atoms with Gasteiger partial charge >= 0.3 is 5.97 Å². The number of ether oxygens (including phenoxy) is 2. The fourth-order valence-electron chi connectivity index (χ4n) is 1.77. The van der Waals surface area contributed by atoms with Crippen LogP contribution in [-0.4, -0.2) is 57.6 Å². The second-order valence-corrected chi connectivity index (χ2v) is 4.33. The van der Waals surface area contributed by atoms with Gasteiger partial charge in [-0.1, -0.05) is 11.8 Å². The molecular weight excluding hydrogens is 272 g/mol. The molecule has 8 heteroatoms. The molecule has 8 nitrogen and oxygen atoms in total. The molecule has 1 fully saturated rings. The van der Waals surface area contributed by atoms with Gasteiger partial charge in [-0.25, -0.2) is 4.79 Å². The van der Waals surface area contributed by atoms with Gasteiger partial charge in [0.05, 0.1) is 12.2 Å². The second kappa shape index (κ2) is 5.63. The molecule has 4 atom stereocenters. The zero-order valence-electron chi connectivity index (χ0n) is 10.2. The molecule has 2 rings (SSSR count). The van der Waals surface area contributed by atoms with E-state index in [-0.39, 0.29) is 12.4 Å². The Morgan fingerprint density at radius 3 is 2.65 bits per heavy atom. The Morgan fingerprint density at radius 1 is 1.30 bits per heavy atom. The van der Waals surface area contributed by atoms with Crippen molar-refractivity contribution in [2.45, 2.75) is 24.6 Å². The minimum absolute atomic E-state index is 0.00496. The van der Waals surface area contributed by atoms with E-state index < -0.39 is 41.9 Å². The number of aromatic carboxylic acids is 1. The van der Waals surface area contributed by atoms with Crippen molar-refractivity contribution in [3.63, 3.8) is 0 Å². The average molecular weight is 285 g/mol. The van der Waals surface area contributed by atoms with Gasteiger partial charge in [-0.05, 0) is 12.1 Å². The number of benzene rings is 1. The fourth-order valence-corrected chi connectivity index (χ4v) is 1.77. The van der Waals surface area contributed by atoms with Crippen molar-refractivity contribution in [2.75, 3.05) is 6.61 Å². The van der Waals surface area contributed by atoms with E-state index in [9.17, 15) is 25.2 Å². The highest BCUT2D eigenvalue weighted by atomic mass is 16.7. The summed E-state index contributed by atoms with van der Waals surface area (Å²) >= 11 is 0. The molecule has 0 amide bonds. The Hall–Kier alpha value is -1.87. The first-order valence-corrected chi connectivity index (χ1v) is 5.77. The van der Waals surface area contributed by atoms with E-state index in [2.05, 4.69) is 0 Å². The molecule has 0 unspecified atom stereocenters. The highest BCUT2D eigenvalue weighted by Gasteiger charge is 2.39. The summed E-state index contributed by atoms with van der Waals surface area (Å²) in [5.41, 5.74) is -0.478. The smallest absolute Gasteiger partial charge is 0.335 e. The lowest BCUT2D eigenvalue weighted by molar-refractivity contribution is -0.269. The topological polar surface area (TPSA) is 140 Å². The van der Waals surface area contributed by atoms with Crippen molar-refractivity contribution in [2.24, 2.45) is 0 Å². The van der Waals surface area contributed by atoms with Crippen LogP contribution in [0.25, 0.3) is 0 Å². The molecule has 0 aliphatic carbocycles. The van der Waals surface area contributed by atoms with Gasteiger partial charge in [0.1, 0.15) is 24.1 Å². The van der Waals surface area contributed by atoms with Crippen LogP contribution in [0.1, 0.15) is 10.4 Å². The lowest BCUT2D eigenvalue weighted by atomic mass is 10.1. The van der Waals surface area contributed by atoms with Gasteiger partial charge in [-0.2, -0.15) is 0 Å². The zero-order valence-corrected chi connectivity index (χ0v) is 10.2. The monoisotopic (exact) mass is 285 g/mol. The van der Waals surface area contributed by atoms with E-state index >= 15 is 0 Å². The van der Waals surface area contributed by atoms with E-state index in [4.69, 9.17) is 14.6 Å². The maximum Gasteiger partial charge on any atom is 0.335 e. The van der Waals surface area contributed by atoms with Gasteiger partial charge in [-0.15, -0.1) is 0 Å². The third-order valence-electron chi connectivity index (χ3n) is 2.89. The summed E-state index contributed by atoms with van der Waals surface area (Å²) in [6, 6.07) is 3.24. The predicted octanol–water partition coefficient (Wildman–Crippen LogP) is -1.72. The largest absolute Gasteiger partial charge is 0.872 e. The number of carboxylic acid groups (broad SMARTS) is 1. The maximum atomic E-state index is 11.3. The number of carbonyl (C=O) groups is 1. The average Bonchev–Trinajstić information content (AvgIpc) is 2.41. The first kappa shape index (κ1) is 14.5. The molecule has 0 aromatic heterocycles. The molecule has 1 aliphatic heterocycles. The summed E-state index contributed by atoms with van der Waals surface area (Å²) in [4.78, 5) is 10.8. The molecule has 0 spiro atoms. The molecular formula is C12H13O8-. The predicted molar refractivity (Wildman–Crippen MR) is 61.2 cm³/mol. The Kier molecular flexibility index (Phi) is 4.09. The Balaban J connectivity index is 2.14. The van der Waals surface area contributed by atoms with Gasteiger partial charge in [0.15, 0.2) is 0 Å². The van der Waals surface area contributed by atoms with Crippen LogP contribution in [0.3, 0.4) is 0 Å². The maximum absolute atomic E-state index is 11.3. The third-order valence-corrected chi connectivity index (χ3v) is 2.89. The van der Waals surface area contributed by atoms with Crippen LogP contribution in [0.15, 0.2) is 18.2 Å². The van der Waals surface area contributed by atoms with Crippen molar-refractivity contribution in [1.29, 1.82) is 0 Å². The number of carboxylic acids is 1. The number of rotatable bonds is 3. The molecule has 1 aromatic carbocycles. The van der Waals surface area contributed by atoms with Gasteiger partial charge < -0.3 is 35.0 Å². The van der Waals surface area contributed by atoms with Crippen molar-refractivity contribution >= 4 is 5.97 Å². The van der Waals surface area contributed by atoms with Crippen molar-refractivity contribution in [1.82, 2.24) is 0 Å². The Morgan fingerprint density at radius 2 is 2.00 bits per heavy atom. The molecule has 1 saturated heterocycles. The molecule has 20 heavy (non-hydrogen) atoms. The minimum Gasteiger partial charge on any atom is -0.872 e. The summed E-state index contributed by atoms with van der Waals surface area (Å²) in [6.07, 6.45) is -5.44. The van der Waals surface area contributed by atoms with Crippen LogP contribution in [0, 0.1) is 0 Å². The van der Waals surface area contributed by atoms with Crippen LogP contribution in [0.5, 0.6) is 11.5 Å². The van der Waals surface area contributed by atoms with Crippen LogP contribution < -0.4 is 9.84 Å². The Bertz CT molecular complexity index is 502. The van der Waals surface area contributed by atoms with Crippen LogP contribution in [0.2, 0.25) is 0 Å². The van der Waals surface area contributed by atoms with Crippen LogP contribution >= 0.6 is 0 Å². The first-order chi connectivity index (χ1) is 9.40. The molecule has 0 bridgehead atoms. The number of aliphatic hydroxyl groups is 3. The van der Waals surface area contributed by atoms with Crippen molar-refractivity contribution in [3.05, 3.63) is 23.8 Å². The fraction of sp³-hybridized carbons (Fsp3) is 0.417. The quantitative estimate of drug-likeness (QED) is 0.514. The summed E-state index contributed by atoms with van der Waals surface area (Å²) in [5.74, 6) is -2.08. The summed E-state index contributed by atoms with van der Waals surface area (Å²) in [5, 5.41) is 48.5. The van der Waals surface area contributed by atoms with Gasteiger partial charge in [0, 0.05) is 0 Å². The van der Waals surface area contributed by atoms with E-state index in [0.717, 1.165) is 12.1 Å². The van der Waals surface area contributed by atoms with E-state index in [1.807, 2.05) is 0 Å². The molecule has 1 heterocycles. The molecule has 0 radical (unpaired) electrons. The van der Waals surface area contributed by atoms with Crippen molar-refractivity contribution in [3.8, 4) is 11.5 Å². The van der Waals surface area contributed by atoms with Crippen LogP contribution in [-0.2, 0) is 4.74 Å². The van der Waals surface area contributed by atoms with Gasteiger partial charge in [-0.3, -0.25) is 0 Å². The zero-order chi connectivity index (χ0) is 14.9. The number of hydrogen-bond acceptors (Lipinski definition) is 7. The highest BCUT2D eigenvalue weighted by Crippen LogP contribution is 2.24. The van der Waals surface area contributed by atoms with Crippen LogP contribution in [0.4, 0.5) is 0 Å². The third kappa shape index (κ3) is 2.83. The lowest BCUT2D eigenvalue weighted by Crippen LogP contribution is -2.54. The lowest BCUT2D eigenvalue weighted by Gasteiger charge is -2.35. The van der Waals surface area contributed by atoms with Gasteiger partial charge in [0.2, 0.25) is 6.29 Å². The second-order valence-electron chi connectivity index (χ2n) is 4.33.